The minimum absolute atomic E-state index is 0.120. The molecule has 0 saturated carbocycles. The van der Waals surface area contributed by atoms with Gasteiger partial charge in [0.2, 0.25) is 21.8 Å². The largest absolute Gasteiger partial charge is 0.357 e. The molecule has 0 fully saturated rings. The molecule has 2 aromatic rings. The van der Waals surface area contributed by atoms with Gasteiger partial charge in [-0.25, -0.2) is 8.42 Å². The Morgan fingerprint density at radius 1 is 1.06 bits per heavy atom. The molecule has 180 valence electrons. The lowest BCUT2D eigenvalue weighted by Gasteiger charge is -2.29. The quantitative estimate of drug-likeness (QED) is 0.499. The van der Waals surface area contributed by atoms with Crippen molar-refractivity contribution in [1.29, 1.82) is 0 Å². The van der Waals surface area contributed by atoms with E-state index in [0.29, 0.717) is 12.1 Å². The Labute approximate surface area is 205 Å². The molecule has 0 spiro atoms. The summed E-state index contributed by atoms with van der Waals surface area (Å²) < 4.78 is 27.1. The Kier molecular flexibility index (Phi) is 9.48. The third-order valence-corrected chi connectivity index (χ3v) is 7.33. The van der Waals surface area contributed by atoms with Gasteiger partial charge < -0.3 is 10.2 Å². The van der Waals surface area contributed by atoms with Crippen LogP contribution in [0.3, 0.4) is 0 Å². The van der Waals surface area contributed by atoms with Gasteiger partial charge in [0.25, 0.3) is 0 Å². The van der Waals surface area contributed by atoms with Crippen LogP contribution in [-0.4, -0.2) is 51.0 Å². The van der Waals surface area contributed by atoms with Gasteiger partial charge in [-0.2, -0.15) is 0 Å². The van der Waals surface area contributed by atoms with Gasteiger partial charge in [-0.3, -0.25) is 13.9 Å². The Morgan fingerprint density at radius 2 is 1.70 bits per heavy atom. The Hall–Kier alpha value is -2.39. The highest BCUT2D eigenvalue weighted by atomic mass is 79.9. The zero-order valence-electron chi connectivity index (χ0n) is 19.8. The molecular weight excluding hydrogens is 506 g/mol. The van der Waals surface area contributed by atoms with Crippen LogP contribution >= 0.6 is 15.9 Å². The van der Waals surface area contributed by atoms with Gasteiger partial charge in [0, 0.05) is 31.0 Å². The summed E-state index contributed by atoms with van der Waals surface area (Å²) in [6.07, 6.45) is 1.61. The number of carbonyl (C=O) groups is 2. The highest BCUT2D eigenvalue weighted by Crippen LogP contribution is 2.22. The van der Waals surface area contributed by atoms with E-state index >= 15 is 0 Å². The van der Waals surface area contributed by atoms with E-state index in [9.17, 15) is 18.0 Å². The Balaban J connectivity index is 2.15. The number of rotatable bonds is 10. The average molecular weight is 539 g/mol. The fourth-order valence-corrected chi connectivity index (χ4v) is 4.68. The lowest BCUT2D eigenvalue weighted by Crippen LogP contribution is -2.46. The number of amides is 2. The molecule has 0 aliphatic rings. The van der Waals surface area contributed by atoms with Crippen molar-refractivity contribution in [3.05, 3.63) is 63.6 Å². The second-order valence-electron chi connectivity index (χ2n) is 8.15. The number of halogens is 1. The highest BCUT2D eigenvalue weighted by molar-refractivity contribution is 9.10. The van der Waals surface area contributed by atoms with Crippen LogP contribution < -0.4 is 9.62 Å². The van der Waals surface area contributed by atoms with Crippen molar-refractivity contribution in [2.45, 2.75) is 46.2 Å². The molecule has 9 heteroatoms. The van der Waals surface area contributed by atoms with Crippen molar-refractivity contribution in [1.82, 2.24) is 10.2 Å². The van der Waals surface area contributed by atoms with Crippen molar-refractivity contribution in [3.63, 3.8) is 0 Å². The van der Waals surface area contributed by atoms with Crippen LogP contribution in [0, 0.1) is 13.8 Å². The average Bonchev–Trinajstić information content (AvgIpc) is 2.76. The second kappa shape index (κ2) is 11.7. The number of anilines is 1. The van der Waals surface area contributed by atoms with Gasteiger partial charge in [0.15, 0.2) is 0 Å². The Morgan fingerprint density at radius 3 is 2.24 bits per heavy atom. The van der Waals surface area contributed by atoms with Gasteiger partial charge >= 0.3 is 0 Å². The summed E-state index contributed by atoms with van der Waals surface area (Å²) in [5.41, 5.74) is 3.56. The predicted octanol–water partition coefficient (Wildman–Crippen LogP) is 3.78. The summed E-state index contributed by atoms with van der Waals surface area (Å²) in [4.78, 5) is 26.9. The van der Waals surface area contributed by atoms with E-state index in [1.807, 2.05) is 50.2 Å². The SMILES string of the molecule is CNC(=O)[C@H](C)N(Cc1ccc(Br)cc1)C(=O)CCCN(c1ccc(C)c(C)c1)S(C)(=O)=O. The molecule has 33 heavy (non-hydrogen) atoms. The number of nitrogens with one attached hydrogen (secondary N) is 1. The molecule has 0 aliphatic carbocycles. The van der Waals surface area contributed by atoms with E-state index in [0.717, 1.165) is 27.4 Å². The van der Waals surface area contributed by atoms with Crippen LogP contribution in [0.2, 0.25) is 0 Å². The molecule has 1 N–H and O–H groups in total. The first kappa shape index (κ1) is 26.9. The first-order valence-corrected chi connectivity index (χ1v) is 13.4. The molecule has 0 bridgehead atoms. The minimum Gasteiger partial charge on any atom is -0.357 e. The van der Waals surface area contributed by atoms with Crippen LogP contribution in [0.15, 0.2) is 46.9 Å². The van der Waals surface area contributed by atoms with Gasteiger partial charge in [-0.15, -0.1) is 0 Å². The fourth-order valence-electron chi connectivity index (χ4n) is 3.46. The van der Waals surface area contributed by atoms with Crippen LogP contribution in [-0.2, 0) is 26.2 Å². The molecule has 2 amide bonds. The molecule has 2 aromatic carbocycles. The normalized spacial score (nSPS) is 12.2. The molecule has 0 aromatic heterocycles. The molecule has 0 heterocycles. The topological polar surface area (TPSA) is 86.8 Å². The van der Waals surface area contributed by atoms with E-state index in [2.05, 4.69) is 21.2 Å². The maximum atomic E-state index is 13.1. The zero-order chi connectivity index (χ0) is 24.8. The third-order valence-electron chi connectivity index (χ3n) is 5.61. The predicted molar refractivity (Wildman–Crippen MR) is 136 cm³/mol. The van der Waals surface area contributed by atoms with Gasteiger partial charge in [0.1, 0.15) is 6.04 Å². The molecule has 0 unspecified atom stereocenters. The van der Waals surface area contributed by atoms with Gasteiger partial charge in [0.05, 0.1) is 11.9 Å². The molecule has 0 radical (unpaired) electrons. The number of carbonyl (C=O) groups excluding carboxylic acids is 2. The molecule has 0 aliphatic heterocycles. The lowest BCUT2D eigenvalue weighted by molar-refractivity contribution is -0.140. The standard InChI is InChI=1S/C24H32BrN3O4S/c1-17-8-13-22(15-18(17)2)28(33(5,31)32)14-6-7-23(29)27(19(3)24(30)26-4)16-20-9-11-21(25)12-10-20/h8-13,15,19H,6-7,14,16H2,1-5H3,(H,26,30)/t19-/m0/s1. The van der Waals surface area contributed by atoms with E-state index < -0.39 is 16.1 Å². The van der Waals surface area contributed by atoms with E-state index in [4.69, 9.17) is 0 Å². The maximum Gasteiger partial charge on any atom is 0.242 e. The smallest absolute Gasteiger partial charge is 0.242 e. The fraction of sp³-hybridized carbons (Fsp3) is 0.417. The third kappa shape index (κ3) is 7.57. The Bertz CT molecular complexity index is 1090. The first-order chi connectivity index (χ1) is 15.4. The minimum atomic E-state index is -3.51. The van der Waals surface area contributed by atoms with Crippen molar-refractivity contribution in [2.75, 3.05) is 24.2 Å². The van der Waals surface area contributed by atoms with Crippen molar-refractivity contribution in [3.8, 4) is 0 Å². The molecular formula is C24H32BrN3O4S. The van der Waals surface area contributed by atoms with E-state index in [1.165, 1.54) is 16.3 Å². The highest BCUT2D eigenvalue weighted by Gasteiger charge is 2.26. The number of likely N-dealkylation sites (N-methyl/N-ethyl adjacent to an activating group) is 1. The lowest BCUT2D eigenvalue weighted by atomic mass is 10.1. The summed E-state index contributed by atoms with van der Waals surface area (Å²) in [5.74, 6) is -0.462. The van der Waals surface area contributed by atoms with Crippen LogP contribution in [0.1, 0.15) is 36.5 Å². The molecule has 0 saturated heterocycles. The number of benzene rings is 2. The number of hydrogen-bond acceptors (Lipinski definition) is 4. The summed E-state index contributed by atoms with van der Waals surface area (Å²) in [5, 5.41) is 2.59. The monoisotopic (exact) mass is 537 g/mol. The zero-order valence-corrected chi connectivity index (χ0v) is 22.2. The maximum absolute atomic E-state index is 13.1. The molecule has 2 rings (SSSR count). The van der Waals surface area contributed by atoms with Crippen molar-refractivity contribution >= 4 is 43.5 Å². The van der Waals surface area contributed by atoms with Crippen LogP contribution in [0.25, 0.3) is 0 Å². The second-order valence-corrected chi connectivity index (χ2v) is 11.0. The number of sulfonamides is 1. The molecule has 7 nitrogen and oxygen atoms in total. The number of hydrogen-bond donors (Lipinski definition) is 1. The van der Waals surface area contributed by atoms with Crippen LogP contribution in [0.4, 0.5) is 5.69 Å². The van der Waals surface area contributed by atoms with E-state index in [1.54, 1.807) is 13.0 Å². The number of aryl methyl sites for hydroxylation is 2. The van der Waals surface area contributed by atoms with Gasteiger partial charge in [-0.1, -0.05) is 34.1 Å². The molecule has 1 atom stereocenters. The van der Waals surface area contributed by atoms with Gasteiger partial charge in [-0.05, 0) is 68.1 Å². The summed E-state index contributed by atoms with van der Waals surface area (Å²) in [6.45, 7) is 6.05. The van der Waals surface area contributed by atoms with E-state index in [-0.39, 0.29) is 31.3 Å². The van der Waals surface area contributed by atoms with Crippen LogP contribution in [0.5, 0.6) is 0 Å². The van der Waals surface area contributed by atoms with Crippen molar-refractivity contribution < 1.29 is 18.0 Å². The first-order valence-electron chi connectivity index (χ1n) is 10.7. The summed E-state index contributed by atoms with van der Waals surface area (Å²) >= 11 is 3.40. The summed E-state index contributed by atoms with van der Waals surface area (Å²) in [6, 6.07) is 12.4. The number of nitrogens with zero attached hydrogens (tertiary/aromatic N) is 2. The summed E-state index contributed by atoms with van der Waals surface area (Å²) in [7, 11) is -1.98. The van der Waals surface area contributed by atoms with Crippen molar-refractivity contribution in [2.24, 2.45) is 0 Å².